The normalized spacial score (nSPS) is 13.3. The van der Waals surface area contributed by atoms with Crippen LogP contribution in [0.5, 0.6) is 5.75 Å². The Hall–Kier alpha value is -3.88. The number of nitrogens with zero attached hydrogens (tertiary/aromatic N) is 3. The van der Waals surface area contributed by atoms with Crippen molar-refractivity contribution in [3.63, 3.8) is 0 Å². The SMILES string of the molecule is Cc1ccc(Cl)c(F)c1CN1CCc2nn(-c3c(C)cccc3OCC(C)C)c(-c3ccc(NC(N)=O)cc3)c2C1. The first-order valence-corrected chi connectivity index (χ1v) is 14.2. The molecule has 0 radical (unpaired) electrons. The van der Waals surface area contributed by atoms with Gasteiger partial charge in [0.15, 0.2) is 0 Å². The van der Waals surface area contributed by atoms with Gasteiger partial charge in [0.05, 0.1) is 23.0 Å². The van der Waals surface area contributed by atoms with Crippen LogP contribution in [-0.2, 0) is 19.5 Å². The van der Waals surface area contributed by atoms with E-state index in [-0.39, 0.29) is 10.8 Å². The van der Waals surface area contributed by atoms with Crippen LogP contribution in [0.25, 0.3) is 16.9 Å². The van der Waals surface area contributed by atoms with Gasteiger partial charge in [-0.3, -0.25) is 4.90 Å². The highest BCUT2D eigenvalue weighted by Gasteiger charge is 2.29. The van der Waals surface area contributed by atoms with Crippen LogP contribution in [0.3, 0.4) is 0 Å². The average molecular weight is 576 g/mol. The van der Waals surface area contributed by atoms with E-state index >= 15 is 4.39 Å². The number of benzene rings is 3. The van der Waals surface area contributed by atoms with Crippen molar-refractivity contribution in [1.82, 2.24) is 14.7 Å². The number of fused-ring (bicyclic) bond motifs is 1. The van der Waals surface area contributed by atoms with Crippen molar-refractivity contribution in [2.75, 3.05) is 18.5 Å². The van der Waals surface area contributed by atoms with Gasteiger partial charge >= 0.3 is 6.03 Å². The van der Waals surface area contributed by atoms with Crippen molar-refractivity contribution in [1.29, 1.82) is 0 Å². The first kappa shape index (κ1) is 28.6. The maximum Gasteiger partial charge on any atom is 0.316 e. The van der Waals surface area contributed by atoms with Crippen LogP contribution in [0.1, 0.15) is 41.8 Å². The van der Waals surface area contributed by atoms with Gasteiger partial charge in [0.2, 0.25) is 0 Å². The van der Waals surface area contributed by atoms with Crippen LogP contribution in [0.2, 0.25) is 5.02 Å². The van der Waals surface area contributed by atoms with E-state index in [2.05, 4.69) is 37.1 Å². The second-order valence-corrected chi connectivity index (χ2v) is 11.4. The lowest BCUT2D eigenvalue weighted by Gasteiger charge is -2.28. The first-order valence-electron chi connectivity index (χ1n) is 13.8. The zero-order chi connectivity index (χ0) is 29.3. The Labute approximate surface area is 245 Å². The topological polar surface area (TPSA) is 85.4 Å². The molecule has 214 valence electrons. The Morgan fingerprint density at radius 1 is 1.12 bits per heavy atom. The van der Waals surface area contributed by atoms with Gasteiger partial charge in [-0.2, -0.15) is 5.10 Å². The molecule has 2 amide bonds. The molecule has 0 fully saturated rings. The van der Waals surface area contributed by atoms with Crippen LogP contribution < -0.4 is 15.8 Å². The quantitative estimate of drug-likeness (QED) is 0.236. The molecule has 0 saturated carbocycles. The number of para-hydroxylation sites is 1. The number of aryl methyl sites for hydroxylation is 2. The number of primary amides is 1. The maximum absolute atomic E-state index is 15.0. The van der Waals surface area contributed by atoms with Gasteiger partial charge in [-0.05, 0) is 55.2 Å². The molecule has 1 aliphatic heterocycles. The molecule has 0 spiro atoms. The monoisotopic (exact) mass is 575 g/mol. The summed E-state index contributed by atoms with van der Waals surface area (Å²) in [5, 5.41) is 7.89. The summed E-state index contributed by atoms with van der Waals surface area (Å²) in [6, 6.07) is 16.4. The molecule has 1 aliphatic rings. The van der Waals surface area contributed by atoms with Crippen molar-refractivity contribution in [2.24, 2.45) is 11.7 Å². The smallest absolute Gasteiger partial charge is 0.316 e. The number of urea groups is 1. The molecule has 5 rings (SSSR count). The minimum absolute atomic E-state index is 0.134. The van der Waals surface area contributed by atoms with Gasteiger partial charge in [-0.15, -0.1) is 0 Å². The average Bonchev–Trinajstić information content (AvgIpc) is 3.30. The molecule has 7 nitrogen and oxygen atoms in total. The van der Waals surface area contributed by atoms with Crippen molar-refractivity contribution >= 4 is 23.3 Å². The number of hydrogen-bond acceptors (Lipinski definition) is 4. The predicted octanol–water partition coefficient (Wildman–Crippen LogP) is 7.03. The summed E-state index contributed by atoms with van der Waals surface area (Å²) in [5.74, 6) is 0.765. The van der Waals surface area contributed by atoms with Crippen molar-refractivity contribution in [3.8, 4) is 22.7 Å². The predicted molar refractivity (Wildman–Crippen MR) is 161 cm³/mol. The third-order valence-corrected chi connectivity index (χ3v) is 7.63. The molecule has 9 heteroatoms. The van der Waals surface area contributed by atoms with Crippen LogP contribution in [-0.4, -0.2) is 33.9 Å². The lowest BCUT2D eigenvalue weighted by molar-refractivity contribution is 0.241. The van der Waals surface area contributed by atoms with Gasteiger partial charge < -0.3 is 15.8 Å². The van der Waals surface area contributed by atoms with Crippen molar-refractivity contribution in [3.05, 3.63) is 93.4 Å². The number of nitrogens with two attached hydrogens (primary N) is 1. The van der Waals surface area contributed by atoms with Crippen LogP contribution in [0.4, 0.5) is 14.9 Å². The van der Waals surface area contributed by atoms with E-state index < -0.39 is 6.03 Å². The highest BCUT2D eigenvalue weighted by atomic mass is 35.5. The lowest BCUT2D eigenvalue weighted by atomic mass is 9.99. The Bertz CT molecular complexity index is 1580. The largest absolute Gasteiger partial charge is 0.491 e. The van der Waals surface area contributed by atoms with E-state index in [9.17, 15) is 4.79 Å². The molecule has 41 heavy (non-hydrogen) atoms. The number of rotatable bonds is 8. The molecule has 0 unspecified atom stereocenters. The number of aromatic nitrogens is 2. The Balaban J connectivity index is 1.61. The standard InChI is InChI=1S/C32H35ClFN5O2/c1-19(2)18-41-28-7-5-6-21(4)30(28)39-31(22-9-11-23(12-10-22)36-32(35)40)25-17-38(15-14-27(25)37-39)16-24-20(3)8-13-26(33)29(24)34/h5-13,19H,14-18H2,1-4H3,(H3,35,36,40). The minimum atomic E-state index is -0.619. The Morgan fingerprint density at radius 2 is 1.88 bits per heavy atom. The molecule has 4 aromatic rings. The molecule has 2 heterocycles. The van der Waals surface area contributed by atoms with Gasteiger partial charge in [0.1, 0.15) is 17.3 Å². The first-order chi connectivity index (χ1) is 19.6. The number of ether oxygens (including phenoxy) is 1. The summed E-state index contributed by atoms with van der Waals surface area (Å²) < 4.78 is 23.3. The summed E-state index contributed by atoms with van der Waals surface area (Å²) in [5.41, 5.74) is 13.3. The summed E-state index contributed by atoms with van der Waals surface area (Å²) in [6.45, 7) is 10.6. The maximum atomic E-state index is 15.0. The molecule has 3 N–H and O–H groups in total. The van der Waals surface area contributed by atoms with Crippen LogP contribution >= 0.6 is 11.6 Å². The van der Waals surface area contributed by atoms with Gasteiger partial charge in [0, 0.05) is 48.4 Å². The highest BCUT2D eigenvalue weighted by Crippen LogP contribution is 2.38. The van der Waals surface area contributed by atoms with E-state index in [1.807, 2.05) is 54.1 Å². The molecule has 0 saturated heterocycles. The fourth-order valence-corrected chi connectivity index (χ4v) is 5.44. The Kier molecular flexibility index (Phi) is 8.33. The van der Waals surface area contributed by atoms with E-state index in [1.54, 1.807) is 6.07 Å². The van der Waals surface area contributed by atoms with Crippen molar-refractivity contribution < 1.29 is 13.9 Å². The van der Waals surface area contributed by atoms with Crippen LogP contribution in [0.15, 0.2) is 54.6 Å². The van der Waals surface area contributed by atoms with Crippen LogP contribution in [0, 0.1) is 25.6 Å². The second kappa shape index (κ2) is 11.9. The third-order valence-electron chi connectivity index (χ3n) is 7.34. The number of nitrogens with one attached hydrogen (secondary N) is 1. The van der Waals surface area contributed by atoms with E-state index in [1.165, 1.54) is 0 Å². The molecular formula is C32H35ClFN5O2. The van der Waals surface area contributed by atoms with Gasteiger partial charge in [-0.1, -0.05) is 55.8 Å². The summed E-state index contributed by atoms with van der Waals surface area (Å²) in [6.07, 6.45) is 0.714. The van der Waals surface area contributed by atoms with E-state index in [4.69, 9.17) is 27.2 Å². The fraction of sp³-hybridized carbons (Fsp3) is 0.312. The molecule has 3 aromatic carbocycles. The number of hydrogen-bond donors (Lipinski definition) is 2. The fourth-order valence-electron chi connectivity index (χ4n) is 5.26. The van der Waals surface area contributed by atoms with Gasteiger partial charge in [0.25, 0.3) is 0 Å². The summed E-state index contributed by atoms with van der Waals surface area (Å²) in [4.78, 5) is 13.6. The second-order valence-electron chi connectivity index (χ2n) is 11.0. The summed E-state index contributed by atoms with van der Waals surface area (Å²) >= 11 is 6.13. The third kappa shape index (κ3) is 6.09. The van der Waals surface area contributed by atoms with Gasteiger partial charge in [-0.25, -0.2) is 13.9 Å². The summed E-state index contributed by atoms with van der Waals surface area (Å²) in [7, 11) is 0. The number of anilines is 1. The lowest BCUT2D eigenvalue weighted by Crippen LogP contribution is -2.30. The molecule has 0 atom stereocenters. The zero-order valence-corrected chi connectivity index (χ0v) is 24.6. The zero-order valence-electron chi connectivity index (χ0n) is 23.8. The minimum Gasteiger partial charge on any atom is -0.491 e. The number of carbonyl (C=O) groups excluding carboxylic acids is 1. The number of halogens is 2. The van der Waals surface area contributed by atoms with E-state index in [0.29, 0.717) is 43.3 Å². The number of carbonyl (C=O) groups is 1. The molecular weight excluding hydrogens is 541 g/mol. The number of amides is 2. The molecule has 0 bridgehead atoms. The Morgan fingerprint density at radius 3 is 2.59 bits per heavy atom. The molecule has 1 aromatic heterocycles. The van der Waals surface area contributed by atoms with E-state index in [0.717, 1.165) is 51.6 Å². The highest BCUT2D eigenvalue weighted by molar-refractivity contribution is 6.30. The molecule has 0 aliphatic carbocycles. The van der Waals surface area contributed by atoms with Crippen molar-refractivity contribution in [2.45, 2.75) is 47.2 Å².